The molecule has 0 fully saturated rings. The van der Waals surface area contributed by atoms with Crippen molar-refractivity contribution in [3.63, 3.8) is 0 Å². The molecule has 0 aliphatic heterocycles. The summed E-state index contributed by atoms with van der Waals surface area (Å²) in [5.41, 5.74) is 4.13. The highest BCUT2D eigenvalue weighted by Gasteiger charge is 2.07. The number of nitrogens with zero attached hydrogens (tertiary/aromatic N) is 2. The zero-order valence-corrected chi connectivity index (χ0v) is 15.8. The lowest BCUT2D eigenvalue weighted by Gasteiger charge is -2.11. The smallest absolute Gasteiger partial charge is 0.226 e. The minimum Gasteiger partial charge on any atom is -0.497 e. The number of oxazole rings is 1. The number of benzene rings is 2. The molecule has 0 unspecified atom stereocenters. The molecule has 2 N–H and O–H groups in total. The number of rotatable bonds is 6. The van der Waals surface area contributed by atoms with E-state index in [-0.39, 0.29) is 0 Å². The average molecular weight is 364 g/mol. The van der Waals surface area contributed by atoms with Gasteiger partial charge in [-0.2, -0.15) is 0 Å². The van der Waals surface area contributed by atoms with Crippen LogP contribution in [0.2, 0.25) is 0 Å². The minimum atomic E-state index is 0.525. The van der Waals surface area contributed by atoms with Gasteiger partial charge < -0.3 is 19.8 Å². The van der Waals surface area contributed by atoms with E-state index in [9.17, 15) is 0 Å². The summed E-state index contributed by atoms with van der Waals surface area (Å²) in [5, 5.41) is 6.52. The maximum absolute atomic E-state index is 5.58. The number of guanidine groups is 1. The summed E-state index contributed by atoms with van der Waals surface area (Å²) in [6, 6.07) is 16.0. The van der Waals surface area contributed by atoms with Gasteiger partial charge in [-0.25, -0.2) is 4.98 Å². The Morgan fingerprint density at radius 1 is 1.04 bits per heavy atom. The van der Waals surface area contributed by atoms with Gasteiger partial charge in [-0.1, -0.05) is 29.8 Å². The molecule has 0 amide bonds. The van der Waals surface area contributed by atoms with Crippen molar-refractivity contribution in [3.05, 3.63) is 71.6 Å². The molecule has 0 saturated heterocycles. The fraction of sp³-hybridized carbons (Fsp3) is 0.238. The molecule has 6 nitrogen and oxygen atoms in total. The Morgan fingerprint density at radius 2 is 1.74 bits per heavy atom. The van der Waals surface area contributed by atoms with Gasteiger partial charge in [-0.05, 0) is 36.8 Å². The zero-order valence-electron chi connectivity index (χ0n) is 15.8. The van der Waals surface area contributed by atoms with Crippen LogP contribution in [0.25, 0.3) is 11.5 Å². The third-order valence-electron chi connectivity index (χ3n) is 4.13. The highest BCUT2D eigenvalue weighted by molar-refractivity contribution is 5.79. The van der Waals surface area contributed by atoms with Crippen molar-refractivity contribution in [2.24, 2.45) is 4.99 Å². The summed E-state index contributed by atoms with van der Waals surface area (Å²) in [6.45, 7) is 3.24. The van der Waals surface area contributed by atoms with E-state index in [1.165, 1.54) is 5.56 Å². The normalized spacial score (nSPS) is 11.3. The van der Waals surface area contributed by atoms with Crippen molar-refractivity contribution in [2.75, 3.05) is 14.2 Å². The molecule has 1 aromatic heterocycles. The highest BCUT2D eigenvalue weighted by Crippen LogP contribution is 2.19. The zero-order chi connectivity index (χ0) is 19.1. The lowest BCUT2D eigenvalue weighted by Crippen LogP contribution is -2.36. The summed E-state index contributed by atoms with van der Waals surface area (Å²) in [7, 11) is 3.40. The second-order valence-electron chi connectivity index (χ2n) is 6.14. The fourth-order valence-electron chi connectivity index (χ4n) is 2.54. The Kier molecular flexibility index (Phi) is 6.10. The Balaban J connectivity index is 1.52. The summed E-state index contributed by atoms with van der Waals surface area (Å²) in [5.74, 6) is 2.16. The molecule has 6 heteroatoms. The lowest BCUT2D eigenvalue weighted by atomic mass is 10.1. The largest absolute Gasteiger partial charge is 0.497 e. The van der Waals surface area contributed by atoms with Gasteiger partial charge >= 0.3 is 0 Å². The van der Waals surface area contributed by atoms with E-state index in [2.05, 4.69) is 27.5 Å². The molecule has 2 aromatic carbocycles. The van der Waals surface area contributed by atoms with E-state index in [0.717, 1.165) is 22.6 Å². The van der Waals surface area contributed by atoms with E-state index in [4.69, 9.17) is 9.15 Å². The van der Waals surface area contributed by atoms with Crippen LogP contribution in [-0.4, -0.2) is 25.1 Å². The third-order valence-corrected chi connectivity index (χ3v) is 4.13. The number of hydrogen-bond donors (Lipinski definition) is 2. The molecule has 3 aromatic rings. The summed E-state index contributed by atoms with van der Waals surface area (Å²) < 4.78 is 10.8. The number of aromatic nitrogens is 1. The van der Waals surface area contributed by atoms with Crippen LogP contribution in [0.5, 0.6) is 5.75 Å². The number of methoxy groups -OCH3 is 1. The predicted octanol–water partition coefficient (Wildman–Crippen LogP) is 3.52. The summed E-state index contributed by atoms with van der Waals surface area (Å²) >= 11 is 0. The van der Waals surface area contributed by atoms with Crippen LogP contribution < -0.4 is 15.4 Å². The van der Waals surface area contributed by atoms with Gasteiger partial charge in [0.05, 0.1) is 19.3 Å². The molecule has 0 aliphatic carbocycles. The topological polar surface area (TPSA) is 71.7 Å². The van der Waals surface area contributed by atoms with Crippen molar-refractivity contribution in [3.8, 4) is 17.2 Å². The number of nitrogens with one attached hydrogen (secondary N) is 2. The van der Waals surface area contributed by atoms with Crippen LogP contribution in [0.4, 0.5) is 0 Å². The predicted molar refractivity (Wildman–Crippen MR) is 107 cm³/mol. The first kappa shape index (κ1) is 18.5. The van der Waals surface area contributed by atoms with Crippen LogP contribution in [0, 0.1) is 6.92 Å². The van der Waals surface area contributed by atoms with Crippen LogP contribution in [0.15, 0.2) is 64.2 Å². The quantitative estimate of drug-likeness (QED) is 0.517. The van der Waals surface area contributed by atoms with Crippen LogP contribution in [-0.2, 0) is 13.1 Å². The Bertz CT molecular complexity index is 883. The van der Waals surface area contributed by atoms with Crippen LogP contribution >= 0.6 is 0 Å². The van der Waals surface area contributed by atoms with Crippen molar-refractivity contribution >= 4 is 5.96 Å². The first-order valence-corrected chi connectivity index (χ1v) is 8.77. The molecule has 0 saturated carbocycles. The molecular formula is C21H24N4O2. The van der Waals surface area contributed by atoms with Crippen molar-refractivity contribution in [2.45, 2.75) is 20.0 Å². The summed E-state index contributed by atoms with van der Waals surface area (Å²) in [6.07, 6.45) is 1.67. The minimum absolute atomic E-state index is 0.525. The van der Waals surface area contributed by atoms with Gasteiger partial charge in [0.1, 0.15) is 12.0 Å². The molecule has 27 heavy (non-hydrogen) atoms. The van der Waals surface area contributed by atoms with Crippen molar-refractivity contribution in [1.82, 2.24) is 15.6 Å². The van der Waals surface area contributed by atoms with Crippen LogP contribution in [0.1, 0.15) is 16.8 Å². The monoisotopic (exact) mass is 364 g/mol. The van der Waals surface area contributed by atoms with Gasteiger partial charge in [0.15, 0.2) is 5.96 Å². The standard InChI is InChI=1S/C21H24N4O2/c1-15-4-8-17(9-5-15)20-25-18(14-27-20)13-24-21(22-2)23-12-16-6-10-19(26-3)11-7-16/h4-11,14H,12-13H2,1-3H3,(H2,22,23,24). The molecule has 0 aliphatic rings. The molecule has 0 bridgehead atoms. The van der Waals surface area contributed by atoms with E-state index in [1.54, 1.807) is 20.4 Å². The first-order valence-electron chi connectivity index (χ1n) is 8.77. The fourth-order valence-corrected chi connectivity index (χ4v) is 2.54. The Hall–Kier alpha value is -3.28. The van der Waals surface area contributed by atoms with E-state index >= 15 is 0 Å². The maximum Gasteiger partial charge on any atom is 0.226 e. The Morgan fingerprint density at radius 3 is 2.41 bits per heavy atom. The highest BCUT2D eigenvalue weighted by atomic mass is 16.5. The second-order valence-corrected chi connectivity index (χ2v) is 6.14. The Labute approximate surface area is 159 Å². The van der Waals surface area contributed by atoms with Crippen molar-refractivity contribution < 1.29 is 9.15 Å². The molecule has 0 spiro atoms. The van der Waals surface area contributed by atoms with Crippen LogP contribution in [0.3, 0.4) is 0 Å². The lowest BCUT2D eigenvalue weighted by molar-refractivity contribution is 0.414. The molecule has 0 atom stereocenters. The molecule has 0 radical (unpaired) electrons. The van der Waals surface area contributed by atoms with Gasteiger partial charge in [0.2, 0.25) is 5.89 Å². The average Bonchev–Trinajstić information content (AvgIpc) is 3.18. The van der Waals surface area contributed by atoms with Gasteiger partial charge in [0.25, 0.3) is 0 Å². The van der Waals surface area contributed by atoms with Gasteiger partial charge in [-0.15, -0.1) is 0 Å². The van der Waals surface area contributed by atoms with E-state index < -0.39 is 0 Å². The maximum atomic E-state index is 5.58. The van der Waals surface area contributed by atoms with Gasteiger partial charge in [-0.3, -0.25) is 4.99 Å². The number of aryl methyl sites for hydroxylation is 1. The number of ether oxygens (including phenoxy) is 1. The van der Waals surface area contributed by atoms with Gasteiger partial charge in [0, 0.05) is 19.2 Å². The SMILES string of the molecule is CN=C(NCc1ccc(OC)cc1)NCc1coc(-c2ccc(C)cc2)n1. The number of hydrogen-bond acceptors (Lipinski definition) is 4. The molecule has 1 heterocycles. The molecule has 140 valence electrons. The second kappa shape index (κ2) is 8.89. The summed E-state index contributed by atoms with van der Waals surface area (Å²) in [4.78, 5) is 8.77. The first-order chi connectivity index (χ1) is 13.2. The number of aliphatic imine (C=N–C) groups is 1. The van der Waals surface area contributed by atoms with Crippen molar-refractivity contribution in [1.29, 1.82) is 0 Å². The van der Waals surface area contributed by atoms with E-state index in [1.807, 2.05) is 48.5 Å². The molecule has 3 rings (SSSR count). The van der Waals surface area contributed by atoms with E-state index in [0.29, 0.717) is 24.9 Å². The molecular weight excluding hydrogens is 340 g/mol. The third kappa shape index (κ3) is 5.10.